The lowest BCUT2D eigenvalue weighted by atomic mass is 9.85. The molecule has 0 bridgehead atoms. The van der Waals surface area contributed by atoms with Gasteiger partial charge in [0.25, 0.3) is 0 Å². The normalized spacial score (nSPS) is 31.5. The molecule has 3 aliphatic rings. The number of aryl methyl sites for hydroxylation is 2. The summed E-state index contributed by atoms with van der Waals surface area (Å²) >= 11 is 20.5. The molecule has 7 atom stereocenters. The third kappa shape index (κ3) is 8.66. The summed E-state index contributed by atoms with van der Waals surface area (Å²) in [4.78, 5) is 14.6. The lowest BCUT2D eigenvalue weighted by Crippen LogP contribution is -2.40. The van der Waals surface area contributed by atoms with Crippen LogP contribution in [0.25, 0.3) is 0 Å². The Bertz CT molecular complexity index is 1250. The second kappa shape index (κ2) is 13.8. The standard InChI is InChI=1S/C32H41Cl3O7S/c1-31(2)39-17-27(40-31)29-26(41-32(3,4)42-29)16-38-30(37)28-11-9-21(43-28)6-5-7-22-23(25(36)15-24(22)35)10-8-18-12-19(33)14-20(34)13-18/h9,11-14,22-27,29,36H,5-8,10,15-17H2,1-4H3/t22-,23-,24+,25-,26-,27+,29-/m1/s1. The first-order valence-electron chi connectivity index (χ1n) is 15.0. The van der Waals surface area contributed by atoms with E-state index in [0.29, 0.717) is 28.0 Å². The fraction of sp³-hybridized carbons (Fsp3) is 0.656. The number of thiophene rings is 1. The van der Waals surface area contributed by atoms with E-state index in [1.54, 1.807) is 6.07 Å². The van der Waals surface area contributed by atoms with Crippen molar-refractivity contribution in [3.05, 3.63) is 55.7 Å². The molecule has 11 heteroatoms. The number of hydrogen-bond donors (Lipinski definition) is 1. The van der Waals surface area contributed by atoms with Crippen molar-refractivity contribution < 1.29 is 33.6 Å². The molecule has 1 saturated carbocycles. The number of esters is 1. The van der Waals surface area contributed by atoms with Crippen LogP contribution in [0.4, 0.5) is 0 Å². The fourth-order valence-electron chi connectivity index (χ4n) is 6.57. The number of aliphatic hydroxyl groups excluding tert-OH is 1. The topological polar surface area (TPSA) is 83.5 Å². The molecule has 3 heterocycles. The van der Waals surface area contributed by atoms with Gasteiger partial charge in [-0.3, -0.25) is 0 Å². The predicted molar refractivity (Wildman–Crippen MR) is 168 cm³/mol. The Morgan fingerprint density at radius 3 is 2.44 bits per heavy atom. The Morgan fingerprint density at radius 1 is 1.00 bits per heavy atom. The van der Waals surface area contributed by atoms with Crippen LogP contribution in [0.1, 0.15) is 73.5 Å². The average Bonchev–Trinajstić information content (AvgIpc) is 3.66. The summed E-state index contributed by atoms with van der Waals surface area (Å²) in [6.07, 6.45) is 3.28. The largest absolute Gasteiger partial charge is 0.459 e. The van der Waals surface area contributed by atoms with Crippen LogP contribution >= 0.6 is 46.1 Å². The Balaban J connectivity index is 1.10. The highest BCUT2D eigenvalue weighted by Gasteiger charge is 2.50. The van der Waals surface area contributed by atoms with Gasteiger partial charge in [-0.25, -0.2) is 4.79 Å². The van der Waals surface area contributed by atoms with E-state index >= 15 is 0 Å². The maximum absolute atomic E-state index is 12.9. The van der Waals surface area contributed by atoms with E-state index < -0.39 is 29.9 Å². The van der Waals surface area contributed by atoms with Crippen molar-refractivity contribution in [1.29, 1.82) is 0 Å². The van der Waals surface area contributed by atoms with E-state index in [0.717, 1.165) is 42.5 Å². The van der Waals surface area contributed by atoms with Crippen molar-refractivity contribution in [2.75, 3.05) is 13.2 Å². The van der Waals surface area contributed by atoms with E-state index in [4.69, 9.17) is 58.5 Å². The molecule has 1 N–H and O–H groups in total. The fourth-order valence-corrected chi connectivity index (χ4v) is 8.58. The minimum atomic E-state index is -0.812. The van der Waals surface area contributed by atoms with E-state index in [9.17, 15) is 9.90 Å². The predicted octanol–water partition coefficient (Wildman–Crippen LogP) is 7.44. The first-order chi connectivity index (χ1) is 20.3. The molecule has 2 saturated heterocycles. The molecule has 2 aliphatic heterocycles. The molecule has 7 nitrogen and oxygen atoms in total. The molecular weight excluding hydrogens is 635 g/mol. The maximum Gasteiger partial charge on any atom is 0.348 e. The van der Waals surface area contributed by atoms with Gasteiger partial charge >= 0.3 is 5.97 Å². The minimum Gasteiger partial charge on any atom is -0.459 e. The highest BCUT2D eigenvalue weighted by molar-refractivity contribution is 7.13. The van der Waals surface area contributed by atoms with Gasteiger partial charge in [-0.1, -0.05) is 23.2 Å². The van der Waals surface area contributed by atoms with Crippen molar-refractivity contribution >= 4 is 52.1 Å². The summed E-state index contributed by atoms with van der Waals surface area (Å²) < 4.78 is 29.5. The van der Waals surface area contributed by atoms with Crippen molar-refractivity contribution in [3.8, 4) is 0 Å². The number of aliphatic hydroxyl groups is 1. The molecule has 5 rings (SSSR count). The molecular formula is C32H41Cl3O7S. The van der Waals surface area contributed by atoms with Gasteiger partial charge in [0.1, 0.15) is 29.8 Å². The summed E-state index contributed by atoms with van der Waals surface area (Å²) in [6, 6.07) is 9.37. The Hall–Kier alpha value is -0.940. The van der Waals surface area contributed by atoms with Gasteiger partial charge in [-0.05, 0) is 114 Å². The molecule has 0 radical (unpaired) electrons. The molecule has 1 aromatic carbocycles. The lowest BCUT2D eigenvalue weighted by Gasteiger charge is -2.23. The van der Waals surface area contributed by atoms with Crippen LogP contribution in [0.2, 0.25) is 10.0 Å². The zero-order valence-electron chi connectivity index (χ0n) is 25.0. The first kappa shape index (κ1) is 33.4. The number of alkyl halides is 1. The summed E-state index contributed by atoms with van der Waals surface area (Å²) in [6.45, 7) is 7.84. The molecule has 0 amide bonds. The summed E-state index contributed by atoms with van der Waals surface area (Å²) in [7, 11) is 0. The van der Waals surface area contributed by atoms with Crippen molar-refractivity contribution in [3.63, 3.8) is 0 Å². The number of rotatable bonds is 11. The van der Waals surface area contributed by atoms with Crippen LogP contribution in [0, 0.1) is 11.8 Å². The second-order valence-corrected chi connectivity index (χ2v) is 15.3. The number of benzene rings is 1. The van der Waals surface area contributed by atoms with Crippen LogP contribution in [0.15, 0.2) is 30.3 Å². The van der Waals surface area contributed by atoms with Crippen LogP contribution in [-0.2, 0) is 36.5 Å². The Morgan fingerprint density at radius 2 is 1.74 bits per heavy atom. The zero-order valence-corrected chi connectivity index (χ0v) is 28.1. The first-order valence-corrected chi connectivity index (χ1v) is 17.0. The van der Waals surface area contributed by atoms with E-state index in [1.165, 1.54) is 11.3 Å². The van der Waals surface area contributed by atoms with E-state index in [2.05, 4.69) is 0 Å². The number of halogens is 3. The van der Waals surface area contributed by atoms with E-state index in [1.807, 2.05) is 52.0 Å². The maximum atomic E-state index is 12.9. The van der Waals surface area contributed by atoms with Crippen LogP contribution in [0.5, 0.6) is 0 Å². The Labute approximate surface area is 273 Å². The summed E-state index contributed by atoms with van der Waals surface area (Å²) in [5.41, 5.74) is 1.07. The number of hydrogen-bond acceptors (Lipinski definition) is 8. The highest BCUT2D eigenvalue weighted by Crippen LogP contribution is 2.42. The second-order valence-electron chi connectivity index (χ2n) is 12.7. The average molecular weight is 676 g/mol. The van der Waals surface area contributed by atoms with Crippen molar-refractivity contribution in [2.45, 2.75) is 108 Å². The molecule has 1 aliphatic carbocycles. The van der Waals surface area contributed by atoms with Gasteiger partial charge < -0.3 is 28.8 Å². The summed E-state index contributed by atoms with van der Waals surface area (Å²) in [5.74, 6) is -1.54. The molecule has 0 spiro atoms. The highest BCUT2D eigenvalue weighted by atomic mass is 35.5. The quantitative estimate of drug-likeness (QED) is 0.196. The zero-order chi connectivity index (χ0) is 30.9. The van der Waals surface area contributed by atoms with Crippen molar-refractivity contribution in [1.82, 2.24) is 0 Å². The number of carbonyl (C=O) groups is 1. The minimum absolute atomic E-state index is 0.0559. The molecule has 3 fully saturated rings. The van der Waals surface area contributed by atoms with Crippen LogP contribution in [0.3, 0.4) is 0 Å². The van der Waals surface area contributed by atoms with Crippen LogP contribution in [-0.4, -0.2) is 65.7 Å². The third-order valence-corrected chi connectivity index (χ3v) is 10.5. The number of carbonyl (C=O) groups excluding carboxylic acids is 1. The van der Waals surface area contributed by atoms with Crippen LogP contribution < -0.4 is 0 Å². The van der Waals surface area contributed by atoms with Gasteiger partial charge in [0.2, 0.25) is 0 Å². The van der Waals surface area contributed by atoms with Gasteiger partial charge in [-0.15, -0.1) is 22.9 Å². The van der Waals surface area contributed by atoms with Gasteiger partial charge in [0, 0.05) is 20.3 Å². The molecule has 2 aromatic rings. The SMILES string of the molecule is CC1(C)OC[C@@H]([C@@H]2OC(C)(C)O[C@@H]2COC(=O)c2ccc(CCC[C@@H]3[C@@H](CCc4cc(Cl)cc(Cl)c4)[C@H](O)C[C@@H]3Cl)s2)O1. The Kier molecular flexibility index (Phi) is 10.7. The monoisotopic (exact) mass is 674 g/mol. The van der Waals surface area contributed by atoms with E-state index in [-0.39, 0.29) is 35.9 Å². The van der Waals surface area contributed by atoms with Gasteiger partial charge in [0.15, 0.2) is 11.6 Å². The molecule has 0 unspecified atom stereocenters. The molecule has 43 heavy (non-hydrogen) atoms. The molecule has 238 valence electrons. The smallest absolute Gasteiger partial charge is 0.348 e. The summed E-state index contributed by atoms with van der Waals surface area (Å²) in [5, 5.41) is 11.9. The van der Waals surface area contributed by atoms with Gasteiger partial charge in [-0.2, -0.15) is 0 Å². The van der Waals surface area contributed by atoms with Gasteiger partial charge in [0.05, 0.1) is 12.7 Å². The number of ether oxygens (including phenoxy) is 5. The van der Waals surface area contributed by atoms with Crippen molar-refractivity contribution in [2.24, 2.45) is 11.8 Å². The lowest BCUT2D eigenvalue weighted by molar-refractivity contribution is -0.175. The molecule has 1 aromatic heterocycles. The third-order valence-electron chi connectivity index (χ3n) is 8.48.